The molecule has 1 aliphatic heterocycles. The van der Waals surface area contributed by atoms with Crippen LogP contribution in [0.1, 0.15) is 46.3 Å². The topological polar surface area (TPSA) is 78.5 Å². The Morgan fingerprint density at radius 1 is 1.03 bits per heavy atom. The Bertz CT molecular complexity index is 967. The van der Waals surface area contributed by atoms with Crippen molar-refractivity contribution in [2.45, 2.75) is 39.3 Å². The Kier molecular flexibility index (Phi) is 6.92. The molecule has 0 unspecified atom stereocenters. The Morgan fingerprint density at radius 2 is 1.72 bits per heavy atom. The van der Waals surface area contributed by atoms with Crippen LogP contribution in [0.25, 0.3) is 0 Å². The second-order valence-electron chi connectivity index (χ2n) is 7.69. The summed E-state index contributed by atoms with van der Waals surface area (Å²) in [6, 6.07) is 13.2. The van der Waals surface area contributed by atoms with Crippen LogP contribution in [0.4, 0.5) is 5.69 Å². The van der Waals surface area contributed by atoms with Crippen LogP contribution >= 0.6 is 0 Å². The number of piperidine rings is 1. The largest absolute Gasteiger partial charge is 0.348 e. The molecule has 156 valence electrons. The van der Waals surface area contributed by atoms with Crippen LogP contribution in [0, 0.1) is 6.92 Å². The molecule has 1 heterocycles. The first-order valence-corrected chi connectivity index (χ1v) is 11.9. The number of carbonyl (C=O) groups excluding carboxylic acids is 1. The first-order chi connectivity index (χ1) is 13.8. The maximum atomic E-state index is 12.6. The minimum Gasteiger partial charge on any atom is -0.348 e. The first-order valence-electron chi connectivity index (χ1n) is 9.97. The number of carbonyl (C=O) groups is 1. The monoisotopic (exact) mass is 415 g/mol. The summed E-state index contributed by atoms with van der Waals surface area (Å²) in [4.78, 5) is 15.1. The highest BCUT2D eigenvalue weighted by atomic mass is 32.2. The molecule has 29 heavy (non-hydrogen) atoms. The lowest BCUT2D eigenvalue weighted by molar-refractivity contribution is 0.0950. The van der Waals surface area contributed by atoms with Crippen molar-refractivity contribution in [3.63, 3.8) is 0 Å². The minimum atomic E-state index is -3.40. The maximum Gasteiger partial charge on any atom is 0.251 e. The van der Waals surface area contributed by atoms with Crippen molar-refractivity contribution < 1.29 is 13.2 Å². The van der Waals surface area contributed by atoms with Gasteiger partial charge in [0.05, 0.1) is 11.9 Å². The van der Waals surface area contributed by atoms with Crippen molar-refractivity contribution in [3.8, 4) is 0 Å². The van der Waals surface area contributed by atoms with E-state index >= 15 is 0 Å². The first kappa shape index (κ1) is 21.3. The van der Waals surface area contributed by atoms with E-state index in [1.54, 1.807) is 25.1 Å². The summed E-state index contributed by atoms with van der Waals surface area (Å²) in [6.07, 6.45) is 4.89. The zero-order chi connectivity index (χ0) is 20.9. The Hall–Kier alpha value is -2.38. The number of likely N-dealkylation sites (tertiary alicyclic amines) is 1. The Balaban J connectivity index is 1.67. The summed E-state index contributed by atoms with van der Waals surface area (Å²) >= 11 is 0. The molecule has 2 aromatic carbocycles. The molecule has 1 amide bonds. The van der Waals surface area contributed by atoms with Gasteiger partial charge < -0.3 is 5.32 Å². The minimum absolute atomic E-state index is 0.227. The number of aryl methyl sites for hydroxylation is 1. The lowest BCUT2D eigenvalue weighted by Crippen LogP contribution is -2.30. The van der Waals surface area contributed by atoms with E-state index in [9.17, 15) is 13.2 Å². The highest BCUT2D eigenvalue weighted by Gasteiger charge is 2.14. The van der Waals surface area contributed by atoms with Crippen molar-refractivity contribution in [2.75, 3.05) is 24.1 Å². The Morgan fingerprint density at radius 3 is 2.41 bits per heavy atom. The summed E-state index contributed by atoms with van der Waals surface area (Å²) < 4.78 is 25.5. The fraction of sp³-hybridized carbons (Fsp3) is 0.409. The van der Waals surface area contributed by atoms with Gasteiger partial charge in [-0.25, -0.2) is 8.42 Å². The molecular weight excluding hydrogens is 386 g/mol. The van der Waals surface area contributed by atoms with E-state index in [1.165, 1.54) is 24.8 Å². The molecule has 3 rings (SSSR count). The average Bonchev–Trinajstić information content (AvgIpc) is 2.68. The number of nitrogens with zero attached hydrogens (tertiary/aromatic N) is 1. The van der Waals surface area contributed by atoms with Gasteiger partial charge in [0, 0.05) is 18.7 Å². The zero-order valence-corrected chi connectivity index (χ0v) is 17.9. The van der Waals surface area contributed by atoms with Gasteiger partial charge in [-0.05, 0) is 61.7 Å². The summed E-state index contributed by atoms with van der Waals surface area (Å²) in [7, 11) is -3.40. The van der Waals surface area contributed by atoms with Crippen LogP contribution in [-0.4, -0.2) is 38.6 Å². The number of sulfonamides is 1. The molecule has 2 aromatic rings. The third-order valence-corrected chi connectivity index (χ3v) is 5.79. The van der Waals surface area contributed by atoms with Gasteiger partial charge in [0.1, 0.15) is 0 Å². The van der Waals surface area contributed by atoms with E-state index < -0.39 is 10.0 Å². The van der Waals surface area contributed by atoms with Gasteiger partial charge in [0.2, 0.25) is 10.0 Å². The van der Waals surface area contributed by atoms with Gasteiger partial charge in [0.15, 0.2) is 0 Å². The van der Waals surface area contributed by atoms with Gasteiger partial charge in [-0.3, -0.25) is 14.4 Å². The Labute approximate surface area is 173 Å². The van der Waals surface area contributed by atoms with Crippen LogP contribution in [0.3, 0.4) is 0 Å². The predicted octanol–water partition coefficient (Wildman–Crippen LogP) is 3.28. The molecule has 7 heteroatoms. The maximum absolute atomic E-state index is 12.6. The number of anilines is 1. The van der Waals surface area contributed by atoms with E-state index in [4.69, 9.17) is 0 Å². The highest BCUT2D eigenvalue weighted by molar-refractivity contribution is 7.92. The van der Waals surface area contributed by atoms with Gasteiger partial charge >= 0.3 is 0 Å². The van der Waals surface area contributed by atoms with Crippen LogP contribution in [-0.2, 0) is 23.1 Å². The average molecular weight is 416 g/mol. The van der Waals surface area contributed by atoms with Crippen molar-refractivity contribution in [1.82, 2.24) is 10.2 Å². The predicted molar refractivity (Wildman–Crippen MR) is 116 cm³/mol. The van der Waals surface area contributed by atoms with Crippen LogP contribution in [0.5, 0.6) is 0 Å². The van der Waals surface area contributed by atoms with Gasteiger partial charge in [-0.15, -0.1) is 0 Å². The molecule has 0 saturated carbocycles. The number of rotatable bonds is 7. The molecule has 0 aliphatic carbocycles. The highest BCUT2D eigenvalue weighted by Crippen LogP contribution is 2.19. The quantitative estimate of drug-likeness (QED) is 0.727. The SMILES string of the molecule is Cc1ccc(C(=O)NCc2ccccc2CN2CCCCC2)cc1NS(C)(=O)=O. The van der Waals surface area contributed by atoms with Crippen molar-refractivity contribution >= 4 is 21.6 Å². The molecular formula is C22H29N3O3S. The summed E-state index contributed by atoms with van der Waals surface area (Å²) in [5, 5.41) is 2.97. The third kappa shape index (κ3) is 6.30. The molecule has 6 nitrogen and oxygen atoms in total. The second-order valence-corrected chi connectivity index (χ2v) is 9.44. The molecule has 0 atom stereocenters. The number of amides is 1. The molecule has 1 aliphatic rings. The summed E-state index contributed by atoms with van der Waals surface area (Å²) in [5.41, 5.74) is 3.95. The van der Waals surface area contributed by atoms with Gasteiger partial charge in [-0.1, -0.05) is 36.8 Å². The number of hydrogen-bond donors (Lipinski definition) is 2. The van der Waals surface area contributed by atoms with Crippen molar-refractivity contribution in [2.24, 2.45) is 0 Å². The fourth-order valence-electron chi connectivity index (χ4n) is 3.59. The molecule has 0 bridgehead atoms. The zero-order valence-electron chi connectivity index (χ0n) is 17.1. The van der Waals surface area contributed by atoms with E-state index in [1.807, 2.05) is 18.2 Å². The van der Waals surface area contributed by atoms with Gasteiger partial charge in [-0.2, -0.15) is 0 Å². The summed E-state index contributed by atoms with van der Waals surface area (Å²) in [5.74, 6) is -0.227. The lowest BCUT2D eigenvalue weighted by atomic mass is 10.0. The van der Waals surface area contributed by atoms with Crippen LogP contribution < -0.4 is 10.0 Å². The van der Waals surface area contributed by atoms with Gasteiger partial charge in [0.25, 0.3) is 5.91 Å². The molecule has 1 saturated heterocycles. The molecule has 0 radical (unpaired) electrons. The number of benzene rings is 2. The lowest BCUT2D eigenvalue weighted by Gasteiger charge is -2.27. The van der Waals surface area contributed by atoms with E-state index in [0.29, 0.717) is 17.8 Å². The van der Waals surface area contributed by atoms with Crippen LogP contribution in [0.2, 0.25) is 0 Å². The van der Waals surface area contributed by atoms with E-state index in [-0.39, 0.29) is 5.91 Å². The van der Waals surface area contributed by atoms with Crippen molar-refractivity contribution in [3.05, 3.63) is 64.7 Å². The third-order valence-electron chi connectivity index (χ3n) is 5.20. The van der Waals surface area contributed by atoms with E-state index in [0.717, 1.165) is 37.0 Å². The molecule has 0 spiro atoms. The van der Waals surface area contributed by atoms with Crippen LogP contribution in [0.15, 0.2) is 42.5 Å². The molecule has 2 N–H and O–H groups in total. The smallest absolute Gasteiger partial charge is 0.251 e. The fourth-order valence-corrected chi connectivity index (χ4v) is 4.21. The second kappa shape index (κ2) is 9.41. The summed E-state index contributed by atoms with van der Waals surface area (Å²) in [6.45, 7) is 5.39. The number of hydrogen-bond acceptors (Lipinski definition) is 4. The van der Waals surface area contributed by atoms with E-state index in [2.05, 4.69) is 21.0 Å². The normalized spacial score (nSPS) is 15.1. The number of nitrogens with one attached hydrogen (secondary N) is 2. The standard InChI is InChI=1S/C22H29N3O3S/c1-17-10-11-18(14-21(17)24-29(2,27)28)22(26)23-15-19-8-4-5-9-20(19)16-25-12-6-3-7-13-25/h4-5,8-11,14,24H,3,6-7,12-13,15-16H2,1-2H3,(H,23,26). The van der Waals surface area contributed by atoms with Crippen molar-refractivity contribution in [1.29, 1.82) is 0 Å². The molecule has 1 fully saturated rings. The molecule has 0 aromatic heterocycles.